The van der Waals surface area contributed by atoms with E-state index >= 15 is 0 Å². The third-order valence-corrected chi connectivity index (χ3v) is 4.13. The second-order valence-electron chi connectivity index (χ2n) is 5.51. The maximum atomic E-state index is 11.3. The van der Waals surface area contributed by atoms with Crippen LogP contribution in [0.2, 0.25) is 0 Å². The Hall–Kier alpha value is -2.63. The highest BCUT2D eigenvalue weighted by molar-refractivity contribution is 5.55. The number of nitro groups is 1. The van der Waals surface area contributed by atoms with Crippen molar-refractivity contribution in [1.82, 2.24) is 0 Å². The number of anilines is 1. The standard InChI is InChI=1S/C17H19N3O3/c1-2-23-14-9-7-13(8-10-14)15-6-4-12-19(15)17-16(20(21)22)5-3-11-18-17/h3,5,7-11,15H,2,4,6,12H2,1H3/p+1/t15-/m1/s1. The monoisotopic (exact) mass is 314 g/mol. The fourth-order valence-corrected chi connectivity index (χ4v) is 3.13. The molecule has 1 aliphatic heterocycles. The third-order valence-electron chi connectivity index (χ3n) is 4.13. The molecule has 23 heavy (non-hydrogen) atoms. The predicted molar refractivity (Wildman–Crippen MR) is 86.6 cm³/mol. The lowest BCUT2D eigenvalue weighted by Gasteiger charge is -2.19. The van der Waals surface area contributed by atoms with Crippen LogP contribution in [0.1, 0.15) is 31.4 Å². The van der Waals surface area contributed by atoms with Crippen LogP contribution in [0.5, 0.6) is 5.75 Å². The highest BCUT2D eigenvalue weighted by Gasteiger charge is 2.38. The van der Waals surface area contributed by atoms with Crippen LogP contribution in [-0.4, -0.2) is 18.1 Å². The molecule has 1 aromatic heterocycles. The SMILES string of the molecule is CCOc1ccc([C@H]2CCCN2c2[nH+]cccc2[N+](=O)[O-])cc1. The number of H-pyrrole nitrogens is 1. The zero-order valence-electron chi connectivity index (χ0n) is 13.1. The minimum atomic E-state index is -0.334. The first kappa shape index (κ1) is 15.3. The molecule has 0 radical (unpaired) electrons. The van der Waals surface area contributed by atoms with Crippen molar-refractivity contribution in [2.24, 2.45) is 0 Å². The Balaban J connectivity index is 1.90. The average Bonchev–Trinajstić information content (AvgIpc) is 3.05. The van der Waals surface area contributed by atoms with E-state index in [4.69, 9.17) is 4.74 Å². The fraction of sp³-hybridized carbons (Fsp3) is 0.353. The van der Waals surface area contributed by atoms with Crippen LogP contribution in [0.3, 0.4) is 0 Å². The first-order valence-electron chi connectivity index (χ1n) is 7.85. The number of hydrogen-bond acceptors (Lipinski definition) is 4. The minimum absolute atomic E-state index is 0.116. The normalized spacial score (nSPS) is 17.3. The highest BCUT2D eigenvalue weighted by Crippen LogP contribution is 2.38. The number of pyridine rings is 1. The van der Waals surface area contributed by atoms with Crippen molar-refractivity contribution in [2.75, 3.05) is 18.1 Å². The smallest absolute Gasteiger partial charge is 0.357 e. The van der Waals surface area contributed by atoms with E-state index in [-0.39, 0.29) is 16.7 Å². The van der Waals surface area contributed by atoms with Crippen molar-refractivity contribution in [3.63, 3.8) is 0 Å². The van der Waals surface area contributed by atoms with Gasteiger partial charge in [-0.15, -0.1) is 0 Å². The Morgan fingerprint density at radius 1 is 1.35 bits per heavy atom. The van der Waals surface area contributed by atoms with Gasteiger partial charge in [0.05, 0.1) is 24.3 Å². The highest BCUT2D eigenvalue weighted by atomic mass is 16.6. The van der Waals surface area contributed by atoms with Gasteiger partial charge in [-0.25, -0.2) is 9.88 Å². The summed E-state index contributed by atoms with van der Waals surface area (Å²) in [6.45, 7) is 3.40. The lowest BCUT2D eigenvalue weighted by Crippen LogP contribution is -2.29. The minimum Gasteiger partial charge on any atom is -0.494 e. The molecule has 1 atom stereocenters. The van der Waals surface area contributed by atoms with E-state index in [1.165, 1.54) is 0 Å². The summed E-state index contributed by atoms with van der Waals surface area (Å²) in [4.78, 5) is 16.1. The third kappa shape index (κ3) is 3.11. The van der Waals surface area contributed by atoms with Gasteiger partial charge < -0.3 is 4.74 Å². The lowest BCUT2D eigenvalue weighted by atomic mass is 10.0. The Kier molecular flexibility index (Phi) is 4.41. The zero-order chi connectivity index (χ0) is 16.2. The number of benzene rings is 1. The maximum absolute atomic E-state index is 11.3. The molecular formula is C17H20N3O3+. The molecule has 2 aromatic rings. The van der Waals surface area contributed by atoms with E-state index in [1.807, 2.05) is 31.2 Å². The van der Waals surface area contributed by atoms with Gasteiger partial charge in [0.2, 0.25) is 0 Å². The number of nitrogens with one attached hydrogen (secondary N) is 1. The van der Waals surface area contributed by atoms with Crippen LogP contribution in [0.4, 0.5) is 11.5 Å². The molecule has 0 aliphatic carbocycles. The zero-order valence-corrected chi connectivity index (χ0v) is 13.1. The molecule has 1 aromatic carbocycles. The van der Waals surface area contributed by atoms with Gasteiger partial charge in [0.1, 0.15) is 11.8 Å². The van der Waals surface area contributed by atoms with Gasteiger partial charge in [-0.3, -0.25) is 10.1 Å². The first-order chi connectivity index (χ1) is 11.2. The summed E-state index contributed by atoms with van der Waals surface area (Å²) in [5.41, 5.74) is 1.27. The van der Waals surface area contributed by atoms with Crippen molar-refractivity contribution >= 4 is 11.5 Å². The summed E-state index contributed by atoms with van der Waals surface area (Å²) in [6, 6.07) is 11.3. The van der Waals surface area contributed by atoms with Crippen molar-refractivity contribution in [1.29, 1.82) is 0 Å². The van der Waals surface area contributed by atoms with Gasteiger partial charge in [-0.1, -0.05) is 12.1 Å². The topological polar surface area (TPSA) is 69.8 Å². The van der Waals surface area contributed by atoms with E-state index in [2.05, 4.69) is 9.88 Å². The van der Waals surface area contributed by atoms with Gasteiger partial charge >= 0.3 is 11.5 Å². The van der Waals surface area contributed by atoms with Crippen molar-refractivity contribution in [3.05, 3.63) is 58.3 Å². The van der Waals surface area contributed by atoms with Crippen molar-refractivity contribution in [3.8, 4) is 5.75 Å². The van der Waals surface area contributed by atoms with E-state index in [9.17, 15) is 10.1 Å². The molecule has 3 rings (SSSR count). The van der Waals surface area contributed by atoms with Gasteiger partial charge in [0.15, 0.2) is 0 Å². The second kappa shape index (κ2) is 6.64. The molecule has 0 saturated carbocycles. The lowest BCUT2D eigenvalue weighted by molar-refractivity contribution is -0.411. The molecule has 6 nitrogen and oxygen atoms in total. The Morgan fingerprint density at radius 3 is 2.83 bits per heavy atom. The first-order valence-corrected chi connectivity index (χ1v) is 7.85. The summed E-state index contributed by atoms with van der Waals surface area (Å²) in [6.07, 6.45) is 3.72. The Bertz CT molecular complexity index is 688. The van der Waals surface area contributed by atoms with Gasteiger partial charge in [0, 0.05) is 6.07 Å². The van der Waals surface area contributed by atoms with Crippen LogP contribution in [-0.2, 0) is 0 Å². The molecule has 1 N–H and O–H groups in total. The molecule has 1 aliphatic rings. The van der Waals surface area contributed by atoms with Crippen molar-refractivity contribution < 1.29 is 14.6 Å². The molecule has 0 unspecified atom stereocenters. The largest absolute Gasteiger partial charge is 0.494 e. The quantitative estimate of drug-likeness (QED) is 0.628. The van der Waals surface area contributed by atoms with E-state index in [1.54, 1.807) is 18.3 Å². The average molecular weight is 314 g/mol. The van der Waals surface area contributed by atoms with Crippen molar-refractivity contribution in [2.45, 2.75) is 25.8 Å². The number of hydrogen-bond donors (Lipinski definition) is 0. The molecule has 1 fully saturated rings. The molecule has 1 saturated heterocycles. The maximum Gasteiger partial charge on any atom is 0.357 e. The molecule has 2 heterocycles. The molecule has 0 bridgehead atoms. The summed E-state index contributed by atoms with van der Waals surface area (Å²) in [7, 11) is 0. The molecular weight excluding hydrogens is 294 g/mol. The van der Waals surface area contributed by atoms with Gasteiger partial charge in [0.25, 0.3) is 0 Å². The van der Waals surface area contributed by atoms with E-state index in [0.29, 0.717) is 12.4 Å². The summed E-state index contributed by atoms with van der Waals surface area (Å²) in [5, 5.41) is 11.3. The van der Waals surface area contributed by atoms with Gasteiger partial charge in [-0.05, 0) is 43.5 Å². The summed E-state index contributed by atoms with van der Waals surface area (Å²) < 4.78 is 5.48. The van der Waals surface area contributed by atoms with Crippen LogP contribution in [0.15, 0.2) is 42.6 Å². The Labute approximate surface area is 134 Å². The molecule has 0 amide bonds. The van der Waals surface area contributed by atoms with Gasteiger partial charge in [-0.2, -0.15) is 0 Å². The van der Waals surface area contributed by atoms with Crippen LogP contribution >= 0.6 is 0 Å². The number of aromatic nitrogens is 1. The number of nitrogens with zero attached hydrogens (tertiary/aromatic N) is 2. The molecule has 0 spiro atoms. The van der Waals surface area contributed by atoms with E-state index < -0.39 is 0 Å². The number of rotatable bonds is 5. The number of aromatic amines is 1. The van der Waals surface area contributed by atoms with Crippen LogP contribution in [0.25, 0.3) is 0 Å². The Morgan fingerprint density at radius 2 is 2.13 bits per heavy atom. The predicted octanol–water partition coefficient (Wildman–Crippen LogP) is 3.15. The van der Waals surface area contributed by atoms with Crippen LogP contribution < -0.4 is 14.6 Å². The summed E-state index contributed by atoms with van der Waals surface area (Å²) >= 11 is 0. The fourth-order valence-electron chi connectivity index (χ4n) is 3.13. The number of ether oxygens (including phenoxy) is 1. The summed E-state index contributed by atoms with van der Waals surface area (Å²) in [5.74, 6) is 1.42. The van der Waals surface area contributed by atoms with E-state index in [0.717, 1.165) is 30.7 Å². The van der Waals surface area contributed by atoms with Crippen LogP contribution in [0, 0.1) is 10.1 Å². The molecule has 120 valence electrons. The molecule has 6 heteroatoms. The second-order valence-corrected chi connectivity index (χ2v) is 5.51.